The van der Waals surface area contributed by atoms with E-state index in [0.717, 1.165) is 24.1 Å². The number of hydrogen-bond donors (Lipinski definition) is 1. The van der Waals surface area contributed by atoms with Gasteiger partial charge >= 0.3 is 0 Å². The molecule has 0 saturated carbocycles. The summed E-state index contributed by atoms with van der Waals surface area (Å²) in [6, 6.07) is 6.85. The minimum Gasteiger partial charge on any atom is -0.497 e. The van der Waals surface area contributed by atoms with Crippen LogP contribution in [0.3, 0.4) is 0 Å². The third-order valence-corrected chi connectivity index (χ3v) is 4.88. The summed E-state index contributed by atoms with van der Waals surface area (Å²) in [7, 11) is 3.17. The molecule has 7 nitrogen and oxygen atoms in total. The molecule has 1 aromatic heterocycles. The molecule has 1 amide bonds. The van der Waals surface area contributed by atoms with E-state index in [1.54, 1.807) is 30.9 Å². The zero-order valence-electron chi connectivity index (χ0n) is 16.5. The summed E-state index contributed by atoms with van der Waals surface area (Å²) in [5.41, 5.74) is 1.87. The van der Waals surface area contributed by atoms with Crippen LogP contribution in [0.1, 0.15) is 41.4 Å². The fourth-order valence-corrected chi connectivity index (χ4v) is 3.54. The Morgan fingerprint density at radius 1 is 1.14 bits per heavy atom. The number of amides is 1. The minimum absolute atomic E-state index is 0.121. The number of carbonyl (C=O) groups is 1. The number of fused-ring (bicyclic) bond motifs is 1. The van der Waals surface area contributed by atoms with Crippen molar-refractivity contribution in [1.82, 2.24) is 9.88 Å². The number of nitrogens with zero attached hydrogens (tertiary/aromatic N) is 1. The van der Waals surface area contributed by atoms with Crippen LogP contribution in [0.4, 0.5) is 0 Å². The molecule has 2 aromatic rings. The molecule has 1 aromatic carbocycles. The molecule has 3 rings (SSSR count). The fraction of sp³-hybridized carbons (Fsp3) is 0.429. The van der Waals surface area contributed by atoms with Crippen LogP contribution >= 0.6 is 0 Å². The standard InChI is InChI=1S/C21H26N2O5/c1-4-28-18-12-19(24)23-10-6-5-7-16(23)20(18)21(25)22-13-14-11-15(26-2)8-9-17(14)27-3/h8-9,11-12H,4-7,10,13H2,1-3H3,(H,22,25). The summed E-state index contributed by atoms with van der Waals surface area (Å²) in [6.45, 7) is 3.11. The molecule has 0 aliphatic carbocycles. The predicted molar refractivity (Wildman–Crippen MR) is 106 cm³/mol. The van der Waals surface area contributed by atoms with Crippen molar-refractivity contribution in [2.45, 2.75) is 39.3 Å². The van der Waals surface area contributed by atoms with Crippen LogP contribution < -0.4 is 25.1 Å². The lowest BCUT2D eigenvalue weighted by Gasteiger charge is -2.23. The molecule has 0 radical (unpaired) electrons. The summed E-state index contributed by atoms with van der Waals surface area (Å²) < 4.78 is 17.9. The van der Waals surface area contributed by atoms with E-state index >= 15 is 0 Å². The van der Waals surface area contributed by atoms with Crippen LogP contribution in [-0.2, 0) is 19.5 Å². The molecule has 0 bridgehead atoms. The van der Waals surface area contributed by atoms with Gasteiger partial charge in [0.15, 0.2) is 0 Å². The van der Waals surface area contributed by atoms with Crippen molar-refractivity contribution in [2.24, 2.45) is 0 Å². The normalized spacial score (nSPS) is 12.8. The van der Waals surface area contributed by atoms with Gasteiger partial charge in [-0.15, -0.1) is 0 Å². The number of methoxy groups -OCH3 is 2. The molecule has 7 heteroatoms. The Bertz CT molecular complexity index is 920. The van der Waals surface area contributed by atoms with E-state index in [9.17, 15) is 9.59 Å². The maximum atomic E-state index is 13.1. The van der Waals surface area contributed by atoms with Crippen molar-refractivity contribution >= 4 is 5.91 Å². The highest BCUT2D eigenvalue weighted by Crippen LogP contribution is 2.27. The molecule has 1 aliphatic rings. The van der Waals surface area contributed by atoms with Crippen LogP contribution in [0.15, 0.2) is 29.1 Å². The average molecular weight is 386 g/mol. The van der Waals surface area contributed by atoms with Crippen molar-refractivity contribution in [1.29, 1.82) is 0 Å². The van der Waals surface area contributed by atoms with E-state index in [-0.39, 0.29) is 18.0 Å². The summed E-state index contributed by atoms with van der Waals surface area (Å²) in [5.74, 6) is 1.43. The number of hydrogen-bond acceptors (Lipinski definition) is 5. The van der Waals surface area contributed by atoms with Gasteiger partial charge in [0.2, 0.25) is 0 Å². The molecule has 150 valence electrons. The van der Waals surface area contributed by atoms with E-state index in [4.69, 9.17) is 14.2 Å². The number of benzene rings is 1. The lowest BCUT2D eigenvalue weighted by atomic mass is 10.0. The number of aromatic nitrogens is 1. The number of nitrogens with one attached hydrogen (secondary N) is 1. The Morgan fingerprint density at radius 3 is 2.68 bits per heavy atom. The molecule has 0 atom stereocenters. The van der Waals surface area contributed by atoms with Gasteiger partial charge in [0.25, 0.3) is 11.5 Å². The van der Waals surface area contributed by atoms with Gasteiger partial charge in [-0.05, 0) is 44.4 Å². The van der Waals surface area contributed by atoms with Crippen LogP contribution in [0.25, 0.3) is 0 Å². The molecule has 0 spiro atoms. The zero-order chi connectivity index (χ0) is 20.1. The van der Waals surface area contributed by atoms with Gasteiger partial charge in [0, 0.05) is 30.4 Å². The summed E-state index contributed by atoms with van der Waals surface area (Å²) in [5, 5.41) is 2.94. The Kier molecular flexibility index (Phi) is 6.23. The van der Waals surface area contributed by atoms with E-state index in [0.29, 0.717) is 42.4 Å². The molecular weight excluding hydrogens is 360 g/mol. The maximum Gasteiger partial charge on any atom is 0.257 e. The van der Waals surface area contributed by atoms with Gasteiger partial charge in [-0.3, -0.25) is 9.59 Å². The molecule has 2 heterocycles. The fourth-order valence-electron chi connectivity index (χ4n) is 3.54. The van der Waals surface area contributed by atoms with Crippen molar-refractivity contribution in [3.05, 3.63) is 51.4 Å². The molecular formula is C21H26N2O5. The highest BCUT2D eigenvalue weighted by Gasteiger charge is 2.24. The van der Waals surface area contributed by atoms with Crippen LogP contribution in [0.5, 0.6) is 17.2 Å². The predicted octanol–water partition coefficient (Wildman–Crippen LogP) is 2.53. The number of pyridine rings is 1. The highest BCUT2D eigenvalue weighted by molar-refractivity contribution is 5.98. The molecule has 28 heavy (non-hydrogen) atoms. The molecule has 0 saturated heterocycles. The summed E-state index contributed by atoms with van der Waals surface area (Å²) >= 11 is 0. The summed E-state index contributed by atoms with van der Waals surface area (Å²) in [4.78, 5) is 25.5. The van der Waals surface area contributed by atoms with E-state index in [2.05, 4.69) is 5.32 Å². The quantitative estimate of drug-likeness (QED) is 0.791. The maximum absolute atomic E-state index is 13.1. The van der Waals surface area contributed by atoms with Crippen molar-refractivity contribution in [2.75, 3.05) is 20.8 Å². The van der Waals surface area contributed by atoms with Crippen molar-refractivity contribution in [3.8, 4) is 17.2 Å². The lowest BCUT2D eigenvalue weighted by Crippen LogP contribution is -2.33. The SMILES string of the molecule is CCOc1cc(=O)n2c(c1C(=O)NCc1cc(OC)ccc1OC)CCCC2. The van der Waals surface area contributed by atoms with Gasteiger partial charge < -0.3 is 24.1 Å². The monoisotopic (exact) mass is 386 g/mol. The second kappa shape index (κ2) is 8.82. The minimum atomic E-state index is -0.265. The smallest absolute Gasteiger partial charge is 0.257 e. The Labute approximate surface area is 164 Å². The van der Waals surface area contributed by atoms with Gasteiger partial charge in [-0.25, -0.2) is 0 Å². The number of rotatable bonds is 7. The van der Waals surface area contributed by atoms with E-state index in [1.807, 2.05) is 13.0 Å². The first-order valence-corrected chi connectivity index (χ1v) is 9.47. The van der Waals surface area contributed by atoms with E-state index in [1.165, 1.54) is 6.07 Å². The first kappa shape index (κ1) is 19.8. The molecule has 0 unspecified atom stereocenters. The second-order valence-corrected chi connectivity index (χ2v) is 6.57. The molecule has 0 fully saturated rings. The van der Waals surface area contributed by atoms with Crippen molar-refractivity contribution in [3.63, 3.8) is 0 Å². The molecule has 1 N–H and O–H groups in total. The van der Waals surface area contributed by atoms with Crippen molar-refractivity contribution < 1.29 is 19.0 Å². The van der Waals surface area contributed by atoms with Crippen LogP contribution in [0, 0.1) is 0 Å². The zero-order valence-corrected chi connectivity index (χ0v) is 16.5. The highest BCUT2D eigenvalue weighted by atomic mass is 16.5. The third kappa shape index (κ3) is 3.98. The van der Waals surface area contributed by atoms with Gasteiger partial charge in [0.05, 0.1) is 20.8 Å². The third-order valence-electron chi connectivity index (χ3n) is 4.88. The number of carbonyl (C=O) groups excluding carboxylic acids is 1. The lowest BCUT2D eigenvalue weighted by molar-refractivity contribution is 0.0944. The van der Waals surface area contributed by atoms with Crippen LogP contribution in [-0.4, -0.2) is 31.3 Å². The van der Waals surface area contributed by atoms with Gasteiger partial charge in [-0.2, -0.15) is 0 Å². The summed E-state index contributed by atoms with van der Waals surface area (Å²) in [6.07, 6.45) is 2.56. The largest absolute Gasteiger partial charge is 0.497 e. The number of ether oxygens (including phenoxy) is 3. The topological polar surface area (TPSA) is 78.8 Å². The van der Waals surface area contributed by atoms with Crippen LogP contribution in [0.2, 0.25) is 0 Å². The Hall–Kier alpha value is -2.96. The molecule has 1 aliphatic heterocycles. The van der Waals surface area contributed by atoms with Gasteiger partial charge in [-0.1, -0.05) is 0 Å². The Morgan fingerprint density at radius 2 is 1.96 bits per heavy atom. The second-order valence-electron chi connectivity index (χ2n) is 6.57. The Balaban J connectivity index is 1.91. The first-order valence-electron chi connectivity index (χ1n) is 9.47. The average Bonchev–Trinajstić information content (AvgIpc) is 2.72. The first-order chi connectivity index (χ1) is 13.6. The van der Waals surface area contributed by atoms with E-state index < -0.39 is 0 Å². The van der Waals surface area contributed by atoms with Gasteiger partial charge in [0.1, 0.15) is 22.8 Å².